The van der Waals surface area contributed by atoms with Crippen LogP contribution in [0, 0.1) is 32.6 Å². The molecule has 13 aromatic rings. The molecule has 0 radical (unpaired) electrons. The van der Waals surface area contributed by atoms with E-state index in [0.29, 0.717) is 11.5 Å². The Kier molecular flexibility index (Phi) is 10.0. The Morgan fingerprint density at radius 1 is 0.465 bits per heavy atom. The number of para-hydroxylation sites is 6. The van der Waals surface area contributed by atoms with Crippen LogP contribution in [-0.4, -0.2) is 25.7 Å². The largest absolute Gasteiger partial charge is 0.509 e. The van der Waals surface area contributed by atoms with Gasteiger partial charge in [-0.3, -0.25) is 0 Å². The van der Waals surface area contributed by atoms with Crippen LogP contribution >= 0.6 is 0 Å². The molecular weight excluding hydrogens is 1050 g/mol. The summed E-state index contributed by atoms with van der Waals surface area (Å²) in [6, 6.07) is 76.1. The zero-order chi connectivity index (χ0) is 46.6. The number of benzene rings is 9. The van der Waals surface area contributed by atoms with Crippen molar-refractivity contribution in [1.29, 1.82) is 0 Å². The molecule has 1 aliphatic rings. The van der Waals surface area contributed by atoms with E-state index in [-0.39, 0.29) is 21.1 Å². The van der Waals surface area contributed by atoms with Crippen molar-refractivity contribution < 1.29 is 25.8 Å². The number of hydrogen-bond acceptors (Lipinski definition) is 4. The zero-order valence-electron chi connectivity index (χ0n) is 39.0. The van der Waals surface area contributed by atoms with Crippen LogP contribution in [0.3, 0.4) is 0 Å². The molecule has 0 unspecified atom stereocenters. The molecule has 9 aromatic carbocycles. The molecule has 4 aromatic heterocycles. The van der Waals surface area contributed by atoms with Crippen molar-refractivity contribution in [2.24, 2.45) is 0 Å². The van der Waals surface area contributed by atoms with Crippen molar-refractivity contribution in [1.82, 2.24) is 18.7 Å². The summed E-state index contributed by atoms with van der Waals surface area (Å²) in [6.07, 6.45) is 2.07. The molecule has 0 bridgehead atoms. The third kappa shape index (κ3) is 6.57. The summed E-state index contributed by atoms with van der Waals surface area (Å²) < 4.78 is 13.7. The Labute approximate surface area is 425 Å². The van der Waals surface area contributed by atoms with Crippen molar-refractivity contribution in [3.63, 3.8) is 0 Å². The van der Waals surface area contributed by atoms with Gasteiger partial charge in [0.1, 0.15) is 5.82 Å². The van der Waals surface area contributed by atoms with Crippen molar-refractivity contribution in [2.75, 3.05) is 16.8 Å². The zero-order valence-corrected chi connectivity index (χ0v) is 41.3. The Morgan fingerprint density at radius 3 is 1.54 bits per heavy atom. The van der Waals surface area contributed by atoms with Gasteiger partial charge >= 0.3 is 0 Å². The average Bonchev–Trinajstić information content (AvgIpc) is 4.13. The maximum absolute atomic E-state index is 6.63. The number of nitrogens with zero attached hydrogens (tertiary/aromatic N) is 6. The summed E-state index contributed by atoms with van der Waals surface area (Å²) in [7, 11) is 2.08. The maximum atomic E-state index is 6.63. The Morgan fingerprint density at radius 2 is 0.958 bits per heavy atom. The van der Waals surface area contributed by atoms with Crippen LogP contribution in [0.15, 0.2) is 200 Å². The summed E-state index contributed by atoms with van der Waals surface area (Å²) in [5.74, 6) is 1.99. The van der Waals surface area contributed by atoms with E-state index in [4.69, 9.17) is 9.72 Å². The molecule has 0 N–H and O–H groups in total. The first-order valence-electron chi connectivity index (χ1n) is 23.7. The molecule has 0 aliphatic carbocycles. The number of fused-ring (bicyclic) bond motifs is 10. The number of anilines is 3. The van der Waals surface area contributed by atoms with Gasteiger partial charge in [0.15, 0.2) is 0 Å². The van der Waals surface area contributed by atoms with E-state index in [1.165, 1.54) is 32.8 Å². The molecule has 5 heterocycles. The molecule has 0 saturated carbocycles. The van der Waals surface area contributed by atoms with Crippen LogP contribution in [0.5, 0.6) is 11.5 Å². The minimum absolute atomic E-state index is 0. The fourth-order valence-electron chi connectivity index (χ4n) is 11.2. The second-order valence-corrected chi connectivity index (χ2v) is 18.2. The Hall–Kier alpha value is -8.38. The van der Waals surface area contributed by atoms with Gasteiger partial charge in [0, 0.05) is 88.3 Å². The standard InChI is InChI=1S/C63H43N6O.Pt/c1-40-17-14-32-59-63(40)65(3)39-66(59)42-18-15-19-43(36-42)70-44-33-34-50-49-24-8-13-29-56(49)69(60(50)37-44)61-35-41(2)51(38-64-61)62-57(67-52-25-9-4-20-45(52)46-21-5-10-26-53(46)67)30-16-31-58(62)68-54-27-11-6-22-47(54)48-23-7-12-28-55(48)68;/h4-35,38-39H,1-3H3;/q-3;. The van der Waals surface area contributed by atoms with E-state index in [2.05, 4.69) is 245 Å². The monoisotopic (exact) mass is 1090 g/mol. The fraction of sp³-hybridized carbons (Fsp3) is 0.0476. The van der Waals surface area contributed by atoms with Crippen LogP contribution in [0.4, 0.5) is 17.1 Å². The summed E-state index contributed by atoms with van der Waals surface area (Å²) in [5, 5.41) is 7.04. The van der Waals surface area contributed by atoms with E-state index in [9.17, 15) is 0 Å². The second-order valence-electron chi connectivity index (χ2n) is 18.2. The summed E-state index contributed by atoms with van der Waals surface area (Å²) >= 11 is 0. The van der Waals surface area contributed by atoms with Crippen molar-refractivity contribution >= 4 is 82.5 Å². The number of rotatable bonds is 7. The van der Waals surface area contributed by atoms with Crippen LogP contribution in [0.25, 0.3) is 93.7 Å². The first-order chi connectivity index (χ1) is 34.5. The van der Waals surface area contributed by atoms with Gasteiger partial charge in [-0.15, -0.1) is 41.4 Å². The van der Waals surface area contributed by atoms with E-state index in [1.807, 2.05) is 18.2 Å². The van der Waals surface area contributed by atoms with E-state index in [1.54, 1.807) is 0 Å². The molecule has 0 spiro atoms. The van der Waals surface area contributed by atoms with E-state index in [0.717, 1.165) is 89.1 Å². The van der Waals surface area contributed by atoms with Gasteiger partial charge in [0.25, 0.3) is 0 Å². The van der Waals surface area contributed by atoms with Crippen LogP contribution in [0.1, 0.15) is 11.1 Å². The number of pyridine rings is 1. The molecule has 71 heavy (non-hydrogen) atoms. The molecule has 0 saturated heterocycles. The third-order valence-corrected chi connectivity index (χ3v) is 14.2. The predicted octanol–water partition coefficient (Wildman–Crippen LogP) is 15.8. The van der Waals surface area contributed by atoms with Crippen LogP contribution < -0.4 is 14.5 Å². The van der Waals surface area contributed by atoms with Crippen molar-refractivity contribution in [3.05, 3.63) is 230 Å². The minimum atomic E-state index is 0. The van der Waals surface area contributed by atoms with E-state index >= 15 is 0 Å². The Balaban J connectivity index is 0.00000492. The van der Waals surface area contributed by atoms with Crippen LogP contribution in [0.2, 0.25) is 0 Å². The molecule has 8 heteroatoms. The van der Waals surface area contributed by atoms with Gasteiger partial charge in [-0.1, -0.05) is 115 Å². The van der Waals surface area contributed by atoms with Gasteiger partial charge in [-0.05, 0) is 92.0 Å². The molecule has 0 atom stereocenters. The summed E-state index contributed by atoms with van der Waals surface area (Å²) in [6.45, 7) is 6.45. The second kappa shape index (κ2) is 16.6. The number of hydrogen-bond donors (Lipinski definition) is 0. The van der Waals surface area contributed by atoms with Gasteiger partial charge < -0.3 is 28.2 Å². The summed E-state index contributed by atoms with van der Waals surface area (Å²) in [5.41, 5.74) is 16.3. The molecule has 0 amide bonds. The molecule has 1 aliphatic heterocycles. The van der Waals surface area contributed by atoms with Crippen molar-refractivity contribution in [2.45, 2.75) is 13.8 Å². The molecule has 14 rings (SSSR count). The third-order valence-electron chi connectivity index (χ3n) is 14.2. The molecule has 344 valence electrons. The number of ether oxygens (including phenoxy) is 1. The van der Waals surface area contributed by atoms with Gasteiger partial charge in [0.2, 0.25) is 0 Å². The normalized spacial score (nSPS) is 12.5. The first kappa shape index (κ1) is 42.7. The molecule has 7 nitrogen and oxygen atoms in total. The maximum Gasteiger partial charge on any atom is 0.135 e. The van der Waals surface area contributed by atoms with Crippen molar-refractivity contribution in [3.8, 4) is 39.8 Å². The predicted molar refractivity (Wildman–Crippen MR) is 288 cm³/mol. The number of aromatic nitrogens is 4. The molecule has 0 fully saturated rings. The first-order valence-corrected chi connectivity index (χ1v) is 23.7. The van der Waals surface area contributed by atoms with Gasteiger partial charge in [0.05, 0.1) is 33.4 Å². The quantitative estimate of drug-likeness (QED) is 0.149. The van der Waals surface area contributed by atoms with Gasteiger partial charge in [-0.2, -0.15) is 18.8 Å². The smallest absolute Gasteiger partial charge is 0.135 e. The minimum Gasteiger partial charge on any atom is -0.509 e. The summed E-state index contributed by atoms with van der Waals surface area (Å²) in [4.78, 5) is 9.73. The Bertz CT molecular complexity index is 4040. The average molecular weight is 1100 g/mol. The van der Waals surface area contributed by atoms with E-state index < -0.39 is 0 Å². The number of aryl methyl sites for hydroxylation is 2. The fourth-order valence-corrected chi connectivity index (χ4v) is 11.2. The SMILES string of the molecule is Cc1cc(-n2c3[c-]c(Oc4[c-]c(N5[CH-]N(C)c6c(C)cccc65)ccc4)ccc3c3ccccc32)ncc1-c1c(-n2c3ccccc3c3ccccc32)cccc1-n1c2ccccc2c2ccccc21.[Pt]. The topological polar surface area (TPSA) is 43.4 Å². The van der Waals surface area contributed by atoms with Crippen LogP contribution in [-0.2, 0) is 21.1 Å². The molecular formula is C63H43N6OPt-3. The van der Waals surface area contributed by atoms with Gasteiger partial charge in [-0.25, -0.2) is 4.98 Å².